The number of hydrogen-bond donors (Lipinski definition) is 0. The second-order valence-corrected chi connectivity index (χ2v) is 8.62. The average Bonchev–Trinajstić information content (AvgIpc) is 3.12. The van der Waals surface area contributed by atoms with Gasteiger partial charge in [-0.1, -0.05) is 37.6 Å². The number of ketones is 1. The third kappa shape index (κ3) is 5.02. The second kappa shape index (κ2) is 8.78. The van der Waals surface area contributed by atoms with Crippen LogP contribution in [0.3, 0.4) is 0 Å². The summed E-state index contributed by atoms with van der Waals surface area (Å²) in [5.41, 5.74) is 1.10. The summed E-state index contributed by atoms with van der Waals surface area (Å²) in [6.07, 6.45) is -3.73. The molecule has 3 aromatic rings. The maximum Gasteiger partial charge on any atom is 0.416 e. The van der Waals surface area contributed by atoms with Crippen molar-refractivity contribution in [1.29, 1.82) is 0 Å². The molecule has 3 nitrogen and oxygen atoms in total. The maximum absolute atomic E-state index is 12.8. The molecule has 3 rings (SSSR count). The first-order valence-corrected chi connectivity index (χ1v) is 10.4. The standard InChI is InChI=1S/C22H18ClF3NO2S/c1-12(2)20-19(10-9-17(28)14-5-8-18(29)16(23)11-14)30-21(27-20)13-3-6-15(7-4-13)22(24,25)26/h3-8,11-12H,9-10H2,1-2H3. The molecule has 0 saturated carbocycles. The van der Waals surface area contributed by atoms with Crippen LogP contribution in [-0.4, -0.2) is 10.8 Å². The molecule has 0 fully saturated rings. The van der Waals surface area contributed by atoms with Gasteiger partial charge in [0.05, 0.1) is 16.3 Å². The summed E-state index contributed by atoms with van der Waals surface area (Å²) in [5.74, 6) is -0.376. The van der Waals surface area contributed by atoms with Crippen LogP contribution in [0.1, 0.15) is 52.7 Å². The predicted octanol–water partition coefficient (Wildman–Crippen LogP) is 7.57. The van der Waals surface area contributed by atoms with Crippen molar-refractivity contribution < 1.29 is 23.1 Å². The molecule has 0 N–H and O–H groups in total. The second-order valence-electron chi connectivity index (χ2n) is 7.13. The first kappa shape index (κ1) is 22.3. The van der Waals surface area contributed by atoms with Crippen molar-refractivity contribution in [2.24, 2.45) is 0 Å². The Bertz CT molecular complexity index is 1060. The van der Waals surface area contributed by atoms with Gasteiger partial charge in [-0.3, -0.25) is 9.90 Å². The van der Waals surface area contributed by atoms with Gasteiger partial charge in [0, 0.05) is 22.4 Å². The molecular weight excluding hydrogens is 435 g/mol. The van der Waals surface area contributed by atoms with Crippen LogP contribution in [0.5, 0.6) is 5.75 Å². The lowest BCUT2D eigenvalue weighted by Crippen LogP contribution is -2.03. The van der Waals surface area contributed by atoms with Crippen molar-refractivity contribution in [1.82, 2.24) is 4.98 Å². The predicted molar refractivity (Wildman–Crippen MR) is 111 cm³/mol. The molecule has 1 heterocycles. The fraction of sp³-hybridized carbons (Fsp3) is 0.273. The van der Waals surface area contributed by atoms with E-state index in [1.54, 1.807) is 0 Å². The minimum atomic E-state index is -4.39. The van der Waals surface area contributed by atoms with Gasteiger partial charge in [0.25, 0.3) is 0 Å². The van der Waals surface area contributed by atoms with E-state index in [-0.39, 0.29) is 28.9 Å². The molecule has 0 saturated heterocycles. The average molecular weight is 453 g/mol. The van der Waals surface area contributed by atoms with E-state index >= 15 is 0 Å². The van der Waals surface area contributed by atoms with Crippen molar-refractivity contribution in [3.8, 4) is 16.3 Å². The number of thiazole rings is 1. The van der Waals surface area contributed by atoms with Crippen LogP contribution in [0, 0.1) is 0 Å². The molecule has 2 aromatic carbocycles. The summed E-state index contributed by atoms with van der Waals surface area (Å²) in [5, 5.41) is 12.0. The van der Waals surface area contributed by atoms with E-state index in [1.807, 2.05) is 13.8 Å². The molecule has 1 aromatic heterocycles. The Morgan fingerprint density at radius 1 is 1.13 bits per heavy atom. The van der Waals surface area contributed by atoms with Crippen LogP contribution in [-0.2, 0) is 17.7 Å². The van der Waals surface area contributed by atoms with Gasteiger partial charge in [-0.2, -0.15) is 13.2 Å². The highest BCUT2D eigenvalue weighted by atomic mass is 35.5. The molecule has 157 valence electrons. The number of Topliss-reactive ketones (excluding diaryl/α,β-unsaturated/α-hetero) is 1. The zero-order chi connectivity index (χ0) is 22.1. The summed E-state index contributed by atoms with van der Waals surface area (Å²) >= 11 is 7.19. The van der Waals surface area contributed by atoms with Crippen LogP contribution in [0.25, 0.3) is 10.6 Å². The molecule has 0 aliphatic heterocycles. The monoisotopic (exact) mass is 452 g/mol. The zero-order valence-corrected chi connectivity index (χ0v) is 17.8. The Labute approximate surface area is 181 Å². The van der Waals surface area contributed by atoms with E-state index in [4.69, 9.17) is 11.6 Å². The smallest absolute Gasteiger partial charge is 0.294 e. The summed E-state index contributed by atoms with van der Waals surface area (Å²) in [6, 6.07) is 9.00. The van der Waals surface area contributed by atoms with Crippen molar-refractivity contribution in [3.63, 3.8) is 0 Å². The molecule has 0 spiro atoms. The van der Waals surface area contributed by atoms with Gasteiger partial charge in [0.2, 0.25) is 0 Å². The molecular formula is C22H18ClF3NO2S. The van der Waals surface area contributed by atoms with Crippen LogP contribution in [0.4, 0.5) is 13.2 Å². The van der Waals surface area contributed by atoms with E-state index < -0.39 is 11.7 Å². The lowest BCUT2D eigenvalue weighted by Gasteiger charge is -2.06. The highest BCUT2D eigenvalue weighted by molar-refractivity contribution is 7.15. The quantitative estimate of drug-likeness (QED) is 0.362. The molecule has 1 radical (unpaired) electrons. The fourth-order valence-corrected chi connectivity index (χ4v) is 4.37. The maximum atomic E-state index is 12.8. The molecule has 0 bridgehead atoms. The zero-order valence-electron chi connectivity index (χ0n) is 16.2. The number of halogens is 4. The molecule has 0 aliphatic carbocycles. The largest absolute Gasteiger partial charge is 0.416 e. The van der Waals surface area contributed by atoms with Crippen molar-refractivity contribution >= 4 is 28.7 Å². The lowest BCUT2D eigenvalue weighted by atomic mass is 10.0. The van der Waals surface area contributed by atoms with Gasteiger partial charge in [0.15, 0.2) is 11.5 Å². The van der Waals surface area contributed by atoms with Crippen LogP contribution in [0.2, 0.25) is 5.02 Å². The van der Waals surface area contributed by atoms with Crippen LogP contribution in [0.15, 0.2) is 42.5 Å². The Hall–Kier alpha value is -2.38. The van der Waals surface area contributed by atoms with Gasteiger partial charge < -0.3 is 0 Å². The molecule has 8 heteroatoms. The fourth-order valence-electron chi connectivity index (χ4n) is 2.96. The molecule has 30 heavy (non-hydrogen) atoms. The van der Waals surface area contributed by atoms with Gasteiger partial charge in [-0.15, -0.1) is 11.3 Å². The van der Waals surface area contributed by atoms with E-state index in [0.29, 0.717) is 22.6 Å². The Morgan fingerprint density at radius 2 is 1.80 bits per heavy atom. The van der Waals surface area contributed by atoms with Crippen molar-refractivity contribution in [2.75, 3.05) is 0 Å². The van der Waals surface area contributed by atoms with Gasteiger partial charge in [-0.05, 0) is 42.7 Å². The first-order valence-electron chi connectivity index (χ1n) is 9.23. The van der Waals surface area contributed by atoms with E-state index in [9.17, 15) is 23.1 Å². The van der Waals surface area contributed by atoms with Gasteiger partial charge in [-0.25, -0.2) is 4.98 Å². The van der Waals surface area contributed by atoms with E-state index in [2.05, 4.69) is 4.98 Å². The number of aryl methyl sites for hydroxylation is 1. The summed E-state index contributed by atoms with van der Waals surface area (Å²) in [7, 11) is 0. The minimum absolute atomic E-state index is 0.00565. The third-order valence-corrected chi connectivity index (χ3v) is 6.04. The first-order chi connectivity index (χ1) is 14.1. The van der Waals surface area contributed by atoms with Crippen LogP contribution >= 0.6 is 22.9 Å². The molecule has 0 unspecified atom stereocenters. The van der Waals surface area contributed by atoms with E-state index in [0.717, 1.165) is 22.7 Å². The number of carbonyl (C=O) groups excluding carboxylic acids is 1. The number of nitrogens with zero attached hydrogens (tertiary/aromatic N) is 1. The SMILES string of the molecule is CC(C)c1nc(-c2ccc(C(F)(F)F)cc2)sc1CCC(=O)c1ccc([O])c(Cl)c1. The normalized spacial score (nSPS) is 11.8. The Morgan fingerprint density at radius 3 is 2.37 bits per heavy atom. The molecule has 0 atom stereocenters. The summed E-state index contributed by atoms with van der Waals surface area (Å²) in [6.45, 7) is 3.95. The number of carbonyl (C=O) groups is 1. The Balaban J connectivity index is 1.80. The minimum Gasteiger partial charge on any atom is -0.294 e. The topological polar surface area (TPSA) is 49.9 Å². The summed E-state index contributed by atoms with van der Waals surface area (Å²) in [4.78, 5) is 18.0. The Kier molecular flexibility index (Phi) is 6.53. The third-order valence-electron chi connectivity index (χ3n) is 4.57. The summed E-state index contributed by atoms with van der Waals surface area (Å²) < 4.78 is 38.4. The highest BCUT2D eigenvalue weighted by Gasteiger charge is 2.30. The number of hydrogen-bond acceptors (Lipinski definition) is 3. The van der Waals surface area contributed by atoms with Crippen molar-refractivity contribution in [3.05, 3.63) is 69.2 Å². The number of alkyl halides is 3. The number of aromatic nitrogens is 1. The van der Waals surface area contributed by atoms with Gasteiger partial charge in [0.1, 0.15) is 5.01 Å². The molecule has 0 amide bonds. The lowest BCUT2D eigenvalue weighted by molar-refractivity contribution is -0.137. The van der Waals surface area contributed by atoms with Crippen molar-refractivity contribution in [2.45, 2.75) is 38.8 Å². The van der Waals surface area contributed by atoms with Crippen LogP contribution < -0.4 is 0 Å². The molecule has 0 aliphatic rings. The van der Waals surface area contributed by atoms with Gasteiger partial charge >= 0.3 is 6.18 Å². The highest BCUT2D eigenvalue weighted by Crippen LogP contribution is 2.35. The van der Waals surface area contributed by atoms with E-state index in [1.165, 1.54) is 41.7 Å². The number of benzene rings is 2. The number of rotatable bonds is 6.